The van der Waals surface area contributed by atoms with Gasteiger partial charge in [-0.05, 0) is 59.7 Å². The second kappa shape index (κ2) is 15.8. The molecule has 0 aliphatic rings. The number of ether oxygens (including phenoxy) is 2. The third-order valence-corrected chi connectivity index (χ3v) is 6.05. The highest BCUT2D eigenvalue weighted by Gasteiger charge is 2.19. The van der Waals surface area contributed by atoms with Gasteiger partial charge in [0.2, 0.25) is 0 Å². The van der Waals surface area contributed by atoms with Crippen molar-refractivity contribution in [1.29, 1.82) is 0 Å². The van der Waals surface area contributed by atoms with Crippen LogP contribution in [0.4, 0.5) is 23.0 Å². The number of halogens is 2. The van der Waals surface area contributed by atoms with Crippen LogP contribution in [0, 0.1) is 0 Å². The lowest BCUT2D eigenvalue weighted by atomic mass is 10.1. The van der Waals surface area contributed by atoms with Crippen LogP contribution in [-0.2, 0) is 19.1 Å². The molecule has 0 aliphatic heterocycles. The lowest BCUT2D eigenvalue weighted by Crippen LogP contribution is -2.16. The van der Waals surface area contributed by atoms with Gasteiger partial charge >= 0.3 is 11.9 Å². The molecule has 0 radical (unpaired) electrons. The van der Waals surface area contributed by atoms with Gasteiger partial charge in [0.1, 0.15) is 11.4 Å². The van der Waals surface area contributed by atoms with Crippen LogP contribution in [0.2, 0.25) is 10.0 Å². The van der Waals surface area contributed by atoms with E-state index in [1.54, 1.807) is 72.8 Å². The zero-order chi connectivity index (χ0) is 31.3. The van der Waals surface area contributed by atoms with E-state index >= 15 is 0 Å². The summed E-state index contributed by atoms with van der Waals surface area (Å²) in [4.78, 5) is 32.3. The minimum absolute atomic E-state index is 0.246. The second-order valence-electron chi connectivity index (χ2n) is 8.36. The third kappa shape index (κ3) is 8.83. The van der Waals surface area contributed by atoms with Gasteiger partial charge in [0.15, 0.2) is 11.6 Å². The SMILES string of the molecule is COC(=O)C(N=Nc1ccccn1)N=Nc1ccc(-c2ccc(N=NC(N=Nc3ccccn3)C(=O)OC)c(Cl)c2)cc1Cl. The van der Waals surface area contributed by atoms with Gasteiger partial charge in [0.05, 0.1) is 24.3 Å². The first-order chi connectivity index (χ1) is 21.4. The Morgan fingerprint density at radius 3 is 1.36 bits per heavy atom. The Hall–Kier alpha value is -5.34. The second-order valence-corrected chi connectivity index (χ2v) is 9.18. The molecule has 4 rings (SSSR count). The number of nitrogens with zero attached hydrogens (tertiary/aromatic N) is 10. The largest absolute Gasteiger partial charge is 0.466 e. The topological polar surface area (TPSA) is 177 Å². The maximum absolute atomic E-state index is 12.1. The smallest absolute Gasteiger partial charge is 0.357 e. The lowest BCUT2D eigenvalue weighted by Gasteiger charge is -2.07. The molecule has 0 fully saturated rings. The quantitative estimate of drug-likeness (QED) is 0.119. The minimum Gasteiger partial charge on any atom is -0.466 e. The molecule has 0 N–H and O–H groups in total. The van der Waals surface area contributed by atoms with Gasteiger partial charge < -0.3 is 9.47 Å². The van der Waals surface area contributed by atoms with E-state index in [4.69, 9.17) is 32.7 Å². The van der Waals surface area contributed by atoms with Gasteiger partial charge in [-0.15, -0.1) is 30.7 Å². The minimum atomic E-state index is -1.35. The van der Waals surface area contributed by atoms with Crippen LogP contribution in [0.15, 0.2) is 126 Å². The van der Waals surface area contributed by atoms with Gasteiger partial charge in [0.25, 0.3) is 12.3 Å². The van der Waals surface area contributed by atoms with E-state index in [1.165, 1.54) is 26.6 Å². The first-order valence-electron chi connectivity index (χ1n) is 12.6. The van der Waals surface area contributed by atoms with Crippen molar-refractivity contribution < 1.29 is 19.1 Å². The number of rotatable bonds is 11. The summed E-state index contributed by atoms with van der Waals surface area (Å²) in [5.41, 5.74) is 1.97. The van der Waals surface area contributed by atoms with Crippen molar-refractivity contribution in [1.82, 2.24) is 9.97 Å². The van der Waals surface area contributed by atoms with E-state index in [1.807, 2.05) is 0 Å². The first kappa shape index (κ1) is 31.6. The molecule has 2 atom stereocenters. The van der Waals surface area contributed by atoms with Crippen molar-refractivity contribution in [3.63, 3.8) is 0 Å². The Kier molecular flexibility index (Phi) is 11.3. The van der Waals surface area contributed by atoms with Crippen molar-refractivity contribution in [2.24, 2.45) is 40.9 Å². The molecule has 0 spiro atoms. The molecule has 222 valence electrons. The van der Waals surface area contributed by atoms with Gasteiger partial charge in [-0.25, -0.2) is 19.6 Å². The number of pyridine rings is 2. The molecule has 0 saturated carbocycles. The standard InChI is InChI=1S/C28H22Cl2N10O4/c1-43-27(41)25(39-35-23-7-3-5-13-31-23)37-33-21-11-9-17(15-19(21)29)18-10-12-22(20(30)16-18)34-38-26(28(42)44-2)40-36-24-8-4-6-14-32-24/h3-16,25-26H,1-2H3. The van der Waals surface area contributed by atoms with Crippen LogP contribution >= 0.6 is 23.2 Å². The highest BCUT2D eigenvalue weighted by atomic mass is 35.5. The summed E-state index contributed by atoms with van der Waals surface area (Å²) in [7, 11) is 2.40. The van der Waals surface area contributed by atoms with Gasteiger partial charge in [-0.3, -0.25) is 0 Å². The third-order valence-electron chi connectivity index (χ3n) is 5.44. The van der Waals surface area contributed by atoms with E-state index in [0.717, 1.165) is 0 Å². The number of hydrogen-bond donors (Lipinski definition) is 0. The molecule has 2 aromatic heterocycles. The zero-order valence-corrected chi connectivity index (χ0v) is 24.6. The van der Waals surface area contributed by atoms with Crippen LogP contribution in [0.5, 0.6) is 0 Å². The number of aromatic nitrogens is 2. The number of methoxy groups -OCH3 is 2. The fraction of sp³-hybridized carbons (Fsp3) is 0.143. The summed E-state index contributed by atoms with van der Waals surface area (Å²) in [6.45, 7) is 0. The van der Waals surface area contributed by atoms with Crippen LogP contribution in [0.3, 0.4) is 0 Å². The predicted molar refractivity (Wildman–Crippen MR) is 160 cm³/mol. The number of azo groups is 4. The van der Waals surface area contributed by atoms with Crippen molar-refractivity contribution in [2.45, 2.75) is 12.3 Å². The van der Waals surface area contributed by atoms with Crippen molar-refractivity contribution in [3.05, 3.63) is 95.2 Å². The summed E-state index contributed by atoms with van der Waals surface area (Å²) in [6.07, 6.45) is 0.367. The zero-order valence-electron chi connectivity index (χ0n) is 23.1. The highest BCUT2D eigenvalue weighted by molar-refractivity contribution is 6.34. The molecule has 16 heteroatoms. The molecule has 14 nitrogen and oxygen atoms in total. The molecule has 0 aliphatic carbocycles. The molecule has 2 aromatic carbocycles. The average molecular weight is 633 g/mol. The van der Waals surface area contributed by atoms with E-state index in [0.29, 0.717) is 22.8 Å². The number of carbonyl (C=O) groups is 2. The molecule has 4 aromatic rings. The molecule has 0 amide bonds. The predicted octanol–water partition coefficient (Wildman–Crippen LogP) is 8.18. The van der Waals surface area contributed by atoms with E-state index in [9.17, 15) is 9.59 Å². The van der Waals surface area contributed by atoms with Crippen LogP contribution in [0.25, 0.3) is 11.1 Å². The van der Waals surface area contributed by atoms with E-state index in [-0.39, 0.29) is 21.4 Å². The molecular weight excluding hydrogens is 611 g/mol. The van der Waals surface area contributed by atoms with Gasteiger partial charge in [-0.2, -0.15) is 10.2 Å². The number of benzene rings is 2. The molecular formula is C28H22Cl2N10O4. The maximum atomic E-state index is 12.1. The van der Waals surface area contributed by atoms with Crippen molar-refractivity contribution in [2.75, 3.05) is 14.2 Å². The summed E-state index contributed by atoms with van der Waals surface area (Å²) in [5.74, 6) is -0.941. The monoisotopic (exact) mass is 632 g/mol. The Morgan fingerprint density at radius 2 is 1.02 bits per heavy atom. The van der Waals surface area contributed by atoms with Crippen molar-refractivity contribution in [3.8, 4) is 11.1 Å². The van der Waals surface area contributed by atoms with Crippen LogP contribution < -0.4 is 0 Å². The summed E-state index contributed by atoms with van der Waals surface area (Å²) >= 11 is 12.9. The van der Waals surface area contributed by atoms with E-state index in [2.05, 4.69) is 50.9 Å². The van der Waals surface area contributed by atoms with E-state index < -0.39 is 24.3 Å². The lowest BCUT2D eigenvalue weighted by molar-refractivity contribution is -0.143. The molecule has 2 heterocycles. The Balaban J connectivity index is 1.49. The molecule has 0 bridgehead atoms. The summed E-state index contributed by atoms with van der Waals surface area (Å²) in [5, 5.41) is 32.0. The fourth-order valence-corrected chi connectivity index (χ4v) is 3.70. The van der Waals surface area contributed by atoms with Crippen molar-refractivity contribution >= 4 is 58.2 Å². The van der Waals surface area contributed by atoms with Gasteiger partial charge in [-0.1, -0.05) is 47.5 Å². The molecule has 44 heavy (non-hydrogen) atoms. The fourth-order valence-electron chi connectivity index (χ4n) is 3.27. The maximum Gasteiger partial charge on any atom is 0.357 e. The highest BCUT2D eigenvalue weighted by Crippen LogP contribution is 2.35. The average Bonchev–Trinajstić information content (AvgIpc) is 3.06. The summed E-state index contributed by atoms with van der Waals surface area (Å²) < 4.78 is 9.47. The number of carbonyl (C=O) groups excluding carboxylic acids is 2. The normalized spacial score (nSPS) is 13.1. The Bertz CT molecular complexity index is 1590. The summed E-state index contributed by atoms with van der Waals surface area (Å²) in [6, 6.07) is 20.1. The number of hydrogen-bond acceptors (Lipinski definition) is 14. The van der Waals surface area contributed by atoms with Crippen LogP contribution in [0.1, 0.15) is 0 Å². The van der Waals surface area contributed by atoms with Crippen LogP contribution in [-0.4, -0.2) is 48.5 Å². The molecule has 0 saturated heterocycles. The Morgan fingerprint density at radius 1 is 0.614 bits per heavy atom. The molecule has 2 unspecified atom stereocenters. The van der Waals surface area contributed by atoms with Gasteiger partial charge in [0, 0.05) is 12.4 Å². The Labute approximate surface area is 260 Å². The number of esters is 2. The first-order valence-corrected chi connectivity index (χ1v) is 13.3.